The molecule has 0 radical (unpaired) electrons. The van der Waals surface area contributed by atoms with Gasteiger partial charge in [0.1, 0.15) is 0 Å². The van der Waals surface area contributed by atoms with E-state index >= 15 is 0 Å². The summed E-state index contributed by atoms with van der Waals surface area (Å²) in [5, 5.41) is 12.5. The average molecular weight is 311 g/mol. The third-order valence-electron chi connectivity index (χ3n) is 3.85. The smallest absolute Gasteiger partial charge is 0.308 e. The molecular weight excluding hydrogens is 292 g/mol. The zero-order valence-electron chi connectivity index (χ0n) is 12.1. The molecule has 0 spiro atoms. The molecule has 1 heterocycles. The molecule has 0 aliphatic carbocycles. The number of aryl methyl sites for hydroxylation is 1. The van der Waals surface area contributed by atoms with Crippen LogP contribution in [-0.2, 0) is 9.59 Å². The molecule has 2 rings (SSSR count). The van der Waals surface area contributed by atoms with Crippen LogP contribution in [-0.4, -0.2) is 41.5 Å². The van der Waals surface area contributed by atoms with E-state index in [1.165, 1.54) is 0 Å². The van der Waals surface area contributed by atoms with Gasteiger partial charge in [-0.2, -0.15) is 0 Å². The summed E-state index contributed by atoms with van der Waals surface area (Å²) in [6, 6.07) is 5.32. The molecule has 2 unspecified atom stereocenters. The maximum atomic E-state index is 12.1. The van der Waals surface area contributed by atoms with E-state index < -0.39 is 11.9 Å². The first kappa shape index (κ1) is 15.8. The third kappa shape index (κ3) is 3.95. The van der Waals surface area contributed by atoms with Gasteiger partial charge in [0.15, 0.2) is 0 Å². The molecule has 21 heavy (non-hydrogen) atoms. The number of hydrogen-bond donors (Lipinski definition) is 2. The maximum Gasteiger partial charge on any atom is 0.308 e. The Kier molecular flexibility index (Phi) is 4.85. The van der Waals surface area contributed by atoms with Crippen LogP contribution >= 0.6 is 11.6 Å². The number of carboxylic acids is 1. The lowest BCUT2D eigenvalue weighted by Crippen LogP contribution is -2.32. The second kappa shape index (κ2) is 6.45. The Hall–Kier alpha value is -1.59. The van der Waals surface area contributed by atoms with Gasteiger partial charge >= 0.3 is 5.97 Å². The molecule has 0 aromatic heterocycles. The molecule has 1 aromatic rings. The summed E-state index contributed by atoms with van der Waals surface area (Å²) >= 11 is 5.92. The second-order valence-corrected chi connectivity index (χ2v) is 6.06. The van der Waals surface area contributed by atoms with E-state index in [1.54, 1.807) is 12.1 Å². The summed E-state index contributed by atoms with van der Waals surface area (Å²) in [5.41, 5.74) is 1.63. The lowest BCUT2D eigenvalue weighted by molar-refractivity contribution is -0.142. The predicted molar refractivity (Wildman–Crippen MR) is 81.5 cm³/mol. The highest BCUT2D eigenvalue weighted by Crippen LogP contribution is 2.23. The van der Waals surface area contributed by atoms with Crippen LogP contribution in [0.15, 0.2) is 18.2 Å². The van der Waals surface area contributed by atoms with E-state index in [0.717, 1.165) is 5.56 Å². The molecule has 1 aliphatic rings. The first-order chi connectivity index (χ1) is 9.86. The predicted octanol–water partition coefficient (Wildman–Crippen LogP) is 2.24. The van der Waals surface area contributed by atoms with Gasteiger partial charge in [-0.15, -0.1) is 0 Å². The molecule has 6 heteroatoms. The van der Waals surface area contributed by atoms with Crippen LogP contribution in [0.3, 0.4) is 0 Å². The van der Waals surface area contributed by atoms with Crippen molar-refractivity contribution in [3.8, 4) is 0 Å². The normalized spacial score (nSPS) is 22.2. The fourth-order valence-corrected chi connectivity index (χ4v) is 2.81. The monoisotopic (exact) mass is 310 g/mol. The van der Waals surface area contributed by atoms with Crippen molar-refractivity contribution in [2.75, 3.05) is 25.0 Å². The van der Waals surface area contributed by atoms with Crippen molar-refractivity contribution in [2.45, 2.75) is 13.8 Å². The molecule has 1 saturated heterocycles. The zero-order valence-corrected chi connectivity index (χ0v) is 12.9. The molecule has 0 saturated carbocycles. The zero-order chi connectivity index (χ0) is 15.6. The van der Waals surface area contributed by atoms with Crippen LogP contribution in [0.1, 0.15) is 12.5 Å². The lowest BCUT2D eigenvalue weighted by Gasteiger charge is -2.15. The van der Waals surface area contributed by atoms with Crippen molar-refractivity contribution in [3.05, 3.63) is 28.8 Å². The summed E-state index contributed by atoms with van der Waals surface area (Å²) in [5.74, 6) is -1.29. The van der Waals surface area contributed by atoms with Gasteiger partial charge in [-0.05, 0) is 30.5 Å². The maximum absolute atomic E-state index is 12.1. The van der Waals surface area contributed by atoms with E-state index in [0.29, 0.717) is 23.8 Å². The molecule has 1 fully saturated rings. The minimum atomic E-state index is -0.795. The van der Waals surface area contributed by atoms with E-state index in [2.05, 4.69) is 5.32 Å². The summed E-state index contributed by atoms with van der Waals surface area (Å²) in [6.45, 7) is 5.03. The fourth-order valence-electron chi connectivity index (χ4n) is 2.64. The number of carbonyl (C=O) groups is 2. The summed E-state index contributed by atoms with van der Waals surface area (Å²) < 4.78 is 0. The topological polar surface area (TPSA) is 69.6 Å². The highest BCUT2D eigenvalue weighted by atomic mass is 35.5. The van der Waals surface area contributed by atoms with Crippen LogP contribution in [0.2, 0.25) is 5.02 Å². The van der Waals surface area contributed by atoms with Crippen molar-refractivity contribution in [1.29, 1.82) is 0 Å². The van der Waals surface area contributed by atoms with Gasteiger partial charge < -0.3 is 10.4 Å². The van der Waals surface area contributed by atoms with E-state index in [-0.39, 0.29) is 18.4 Å². The summed E-state index contributed by atoms with van der Waals surface area (Å²) in [4.78, 5) is 25.0. The quantitative estimate of drug-likeness (QED) is 0.895. The Morgan fingerprint density at radius 3 is 2.76 bits per heavy atom. The number of likely N-dealkylation sites (tertiary alicyclic amines) is 1. The first-order valence-corrected chi connectivity index (χ1v) is 7.25. The Labute approximate surface area is 128 Å². The lowest BCUT2D eigenvalue weighted by atomic mass is 9.99. The third-order valence-corrected chi connectivity index (χ3v) is 4.08. The van der Waals surface area contributed by atoms with Crippen molar-refractivity contribution in [2.24, 2.45) is 11.8 Å². The molecule has 1 amide bonds. The largest absolute Gasteiger partial charge is 0.481 e. The average Bonchev–Trinajstić information content (AvgIpc) is 2.74. The molecule has 5 nitrogen and oxygen atoms in total. The van der Waals surface area contributed by atoms with Gasteiger partial charge in [0.2, 0.25) is 5.91 Å². The van der Waals surface area contributed by atoms with Crippen molar-refractivity contribution in [3.63, 3.8) is 0 Å². The Morgan fingerprint density at radius 1 is 1.43 bits per heavy atom. The molecule has 2 N–H and O–H groups in total. The number of rotatable bonds is 4. The number of hydrogen-bond acceptors (Lipinski definition) is 3. The SMILES string of the molecule is Cc1ccc(Cl)cc1NC(=O)CN1CC(C)C(C(=O)O)C1. The fraction of sp³-hybridized carbons (Fsp3) is 0.467. The van der Waals surface area contributed by atoms with Crippen LogP contribution < -0.4 is 5.32 Å². The molecule has 0 bridgehead atoms. The van der Waals surface area contributed by atoms with E-state index in [4.69, 9.17) is 16.7 Å². The standard InChI is InChI=1S/C15H19ClN2O3/c1-9-3-4-11(16)5-13(9)17-14(19)8-18-6-10(2)12(7-18)15(20)21/h3-5,10,12H,6-8H2,1-2H3,(H,17,19)(H,20,21). The Morgan fingerprint density at radius 2 is 2.14 bits per heavy atom. The van der Waals surface area contributed by atoms with Crippen molar-refractivity contribution < 1.29 is 14.7 Å². The van der Waals surface area contributed by atoms with Crippen LogP contribution in [0.25, 0.3) is 0 Å². The summed E-state index contributed by atoms with van der Waals surface area (Å²) in [7, 11) is 0. The number of nitrogens with one attached hydrogen (secondary N) is 1. The van der Waals surface area contributed by atoms with E-state index in [9.17, 15) is 9.59 Å². The minimum absolute atomic E-state index is 0.0585. The van der Waals surface area contributed by atoms with Crippen LogP contribution in [0.4, 0.5) is 5.69 Å². The van der Waals surface area contributed by atoms with Crippen molar-refractivity contribution in [1.82, 2.24) is 4.90 Å². The number of carbonyl (C=O) groups excluding carboxylic acids is 1. The summed E-state index contributed by atoms with van der Waals surface area (Å²) in [6.07, 6.45) is 0. The molecule has 1 aromatic carbocycles. The number of halogens is 1. The van der Waals surface area contributed by atoms with Gasteiger partial charge in [-0.25, -0.2) is 0 Å². The van der Waals surface area contributed by atoms with Crippen LogP contribution in [0.5, 0.6) is 0 Å². The van der Waals surface area contributed by atoms with Gasteiger partial charge in [-0.1, -0.05) is 24.6 Å². The van der Waals surface area contributed by atoms with Crippen molar-refractivity contribution >= 4 is 29.2 Å². The number of anilines is 1. The molecular formula is C15H19ClN2O3. The number of carboxylic acid groups (broad SMARTS) is 1. The van der Waals surface area contributed by atoms with Gasteiger partial charge in [-0.3, -0.25) is 14.5 Å². The molecule has 1 aliphatic heterocycles. The second-order valence-electron chi connectivity index (χ2n) is 5.62. The number of nitrogens with zero attached hydrogens (tertiary/aromatic N) is 1. The number of amides is 1. The number of benzene rings is 1. The highest BCUT2D eigenvalue weighted by Gasteiger charge is 2.35. The van der Waals surface area contributed by atoms with Gasteiger partial charge in [0.25, 0.3) is 0 Å². The molecule has 114 valence electrons. The number of aliphatic carboxylic acids is 1. The van der Waals surface area contributed by atoms with Gasteiger partial charge in [0, 0.05) is 23.8 Å². The van der Waals surface area contributed by atoms with Crippen LogP contribution in [0, 0.1) is 18.8 Å². The van der Waals surface area contributed by atoms with E-state index in [1.807, 2.05) is 24.8 Å². The highest BCUT2D eigenvalue weighted by molar-refractivity contribution is 6.31. The first-order valence-electron chi connectivity index (χ1n) is 6.88. The minimum Gasteiger partial charge on any atom is -0.481 e. The van der Waals surface area contributed by atoms with Gasteiger partial charge in [0.05, 0.1) is 12.5 Å². The Bertz CT molecular complexity index is 562. The molecule has 2 atom stereocenters. The Balaban J connectivity index is 1.94.